The number of ether oxygens (including phenoxy) is 1. The summed E-state index contributed by atoms with van der Waals surface area (Å²) in [5.74, 6) is -0.320. The smallest absolute Gasteiger partial charge is 0.333 e. The molecule has 1 saturated heterocycles. The predicted octanol–water partition coefficient (Wildman–Crippen LogP) is 2.72. The zero-order chi connectivity index (χ0) is 15.3. The largest absolute Gasteiger partial charge is 0.368 e. The van der Waals surface area contributed by atoms with Crippen molar-refractivity contribution >= 4 is 11.0 Å². The Morgan fingerprint density at radius 2 is 1.77 bits per heavy atom. The highest BCUT2D eigenvalue weighted by Crippen LogP contribution is 2.29. The quantitative estimate of drug-likeness (QED) is 0.697. The third kappa shape index (κ3) is 2.05. The number of hydrogen-bond donors (Lipinski definition) is 0. The van der Waals surface area contributed by atoms with E-state index in [-0.39, 0.29) is 17.1 Å². The highest BCUT2D eigenvalue weighted by molar-refractivity contribution is 5.78. The van der Waals surface area contributed by atoms with Gasteiger partial charge in [-0.15, -0.1) is 0 Å². The Kier molecular flexibility index (Phi) is 2.74. The molecule has 112 valence electrons. The average Bonchev–Trinajstić information content (AvgIpc) is 3.18. The third-order valence-electron chi connectivity index (χ3n) is 4.05. The third-order valence-corrected chi connectivity index (χ3v) is 4.05. The van der Waals surface area contributed by atoms with Gasteiger partial charge in [-0.05, 0) is 43.3 Å². The van der Waals surface area contributed by atoms with Crippen molar-refractivity contribution in [1.82, 2.24) is 9.13 Å². The van der Waals surface area contributed by atoms with Crippen LogP contribution < -0.4 is 5.69 Å². The number of benzene rings is 2. The van der Waals surface area contributed by atoms with Crippen LogP contribution in [0.1, 0.15) is 6.92 Å². The number of rotatable bonds is 3. The van der Waals surface area contributed by atoms with E-state index in [1.807, 2.05) is 31.2 Å². The van der Waals surface area contributed by atoms with E-state index in [4.69, 9.17) is 4.74 Å². The molecule has 4 nitrogen and oxygen atoms in total. The van der Waals surface area contributed by atoms with Gasteiger partial charge < -0.3 is 4.74 Å². The Morgan fingerprint density at radius 1 is 1.14 bits per heavy atom. The van der Waals surface area contributed by atoms with Crippen LogP contribution in [0, 0.1) is 5.82 Å². The van der Waals surface area contributed by atoms with Crippen LogP contribution in [0.4, 0.5) is 4.39 Å². The molecule has 3 aromatic rings. The summed E-state index contributed by atoms with van der Waals surface area (Å²) in [5, 5.41) is 0. The first-order valence-electron chi connectivity index (χ1n) is 7.18. The zero-order valence-electron chi connectivity index (χ0n) is 12.1. The van der Waals surface area contributed by atoms with E-state index in [2.05, 4.69) is 0 Å². The molecule has 1 fully saturated rings. The molecule has 0 bridgehead atoms. The maximum Gasteiger partial charge on any atom is 0.333 e. The molecule has 0 aliphatic carbocycles. The van der Waals surface area contributed by atoms with Gasteiger partial charge in [-0.25, -0.2) is 9.18 Å². The zero-order valence-corrected chi connectivity index (χ0v) is 12.1. The second-order valence-electron chi connectivity index (χ2n) is 5.91. The molecule has 2 heterocycles. The summed E-state index contributed by atoms with van der Waals surface area (Å²) >= 11 is 0. The molecule has 0 radical (unpaired) electrons. The summed E-state index contributed by atoms with van der Waals surface area (Å²) in [7, 11) is 0. The number of para-hydroxylation sites is 2. The van der Waals surface area contributed by atoms with Crippen LogP contribution in [0.5, 0.6) is 0 Å². The van der Waals surface area contributed by atoms with Gasteiger partial charge in [-0.2, -0.15) is 0 Å². The van der Waals surface area contributed by atoms with Crippen LogP contribution in [0.2, 0.25) is 0 Å². The summed E-state index contributed by atoms with van der Waals surface area (Å²) in [6.45, 7) is 3.17. The number of imidazole rings is 1. The lowest BCUT2D eigenvalue weighted by molar-refractivity contribution is 0.293. The van der Waals surface area contributed by atoms with Gasteiger partial charge in [-0.3, -0.25) is 9.13 Å². The second-order valence-corrected chi connectivity index (χ2v) is 5.91. The molecule has 1 unspecified atom stereocenters. The number of halogens is 1. The van der Waals surface area contributed by atoms with Gasteiger partial charge in [0.05, 0.1) is 29.9 Å². The summed E-state index contributed by atoms with van der Waals surface area (Å²) in [6.07, 6.45) is 0. The van der Waals surface area contributed by atoms with Gasteiger partial charge in [0, 0.05) is 0 Å². The van der Waals surface area contributed by atoms with Crippen LogP contribution in [0.3, 0.4) is 0 Å². The van der Waals surface area contributed by atoms with Crippen molar-refractivity contribution < 1.29 is 9.13 Å². The minimum absolute atomic E-state index is 0.135. The van der Waals surface area contributed by atoms with Crippen molar-refractivity contribution in [3.8, 4) is 5.69 Å². The molecule has 1 aliphatic rings. The van der Waals surface area contributed by atoms with Crippen molar-refractivity contribution in [2.75, 3.05) is 6.61 Å². The second kappa shape index (κ2) is 4.55. The lowest BCUT2D eigenvalue weighted by Gasteiger charge is -2.06. The lowest BCUT2D eigenvalue weighted by Crippen LogP contribution is -2.28. The summed E-state index contributed by atoms with van der Waals surface area (Å²) < 4.78 is 21.9. The van der Waals surface area contributed by atoms with Crippen molar-refractivity contribution in [3.63, 3.8) is 0 Å². The van der Waals surface area contributed by atoms with Crippen molar-refractivity contribution in [3.05, 3.63) is 64.8 Å². The van der Waals surface area contributed by atoms with E-state index in [9.17, 15) is 9.18 Å². The van der Waals surface area contributed by atoms with Gasteiger partial charge in [0.25, 0.3) is 0 Å². The standard InChI is InChI=1S/C17H15FN2O2/c1-17(11-22-17)10-19-14-4-2-3-5-15(14)20(16(19)21)13-8-6-12(18)7-9-13/h2-9H,10-11H2,1H3. The van der Waals surface area contributed by atoms with Gasteiger partial charge in [0.1, 0.15) is 11.4 Å². The molecular weight excluding hydrogens is 283 g/mol. The highest BCUT2D eigenvalue weighted by atomic mass is 19.1. The average molecular weight is 298 g/mol. The Morgan fingerprint density at radius 3 is 2.41 bits per heavy atom. The lowest BCUT2D eigenvalue weighted by atomic mass is 10.2. The molecule has 2 aromatic carbocycles. The Balaban J connectivity index is 1.96. The van der Waals surface area contributed by atoms with Crippen molar-refractivity contribution in [2.45, 2.75) is 19.1 Å². The molecule has 1 atom stereocenters. The summed E-state index contributed by atoms with van der Waals surface area (Å²) in [6, 6.07) is 13.6. The van der Waals surface area contributed by atoms with E-state index in [0.717, 1.165) is 11.0 Å². The van der Waals surface area contributed by atoms with Gasteiger partial charge in [0.15, 0.2) is 0 Å². The minimum Gasteiger partial charge on any atom is -0.368 e. The number of nitrogens with zero attached hydrogens (tertiary/aromatic N) is 2. The van der Waals surface area contributed by atoms with Gasteiger partial charge >= 0.3 is 5.69 Å². The molecule has 22 heavy (non-hydrogen) atoms. The topological polar surface area (TPSA) is 39.5 Å². The number of hydrogen-bond acceptors (Lipinski definition) is 2. The number of epoxide rings is 1. The number of aromatic nitrogens is 2. The number of fused-ring (bicyclic) bond motifs is 1. The van der Waals surface area contributed by atoms with Gasteiger partial charge in [-0.1, -0.05) is 12.1 Å². The Hall–Kier alpha value is -2.40. The fourth-order valence-corrected chi connectivity index (χ4v) is 2.75. The fraction of sp³-hybridized carbons (Fsp3) is 0.235. The summed E-state index contributed by atoms with van der Waals surface area (Å²) in [5.41, 5.74) is 1.92. The van der Waals surface area contributed by atoms with E-state index in [0.29, 0.717) is 18.8 Å². The van der Waals surface area contributed by atoms with Crippen LogP contribution in [0.15, 0.2) is 53.3 Å². The summed E-state index contributed by atoms with van der Waals surface area (Å²) in [4.78, 5) is 12.9. The van der Waals surface area contributed by atoms with Crippen LogP contribution in [-0.4, -0.2) is 21.3 Å². The highest BCUT2D eigenvalue weighted by Gasteiger charge is 2.40. The van der Waals surface area contributed by atoms with Crippen LogP contribution >= 0.6 is 0 Å². The van der Waals surface area contributed by atoms with Crippen LogP contribution in [0.25, 0.3) is 16.7 Å². The molecule has 0 saturated carbocycles. The molecule has 1 aliphatic heterocycles. The van der Waals surface area contributed by atoms with E-state index in [1.165, 1.54) is 12.1 Å². The van der Waals surface area contributed by atoms with Crippen molar-refractivity contribution in [1.29, 1.82) is 0 Å². The fourth-order valence-electron chi connectivity index (χ4n) is 2.75. The molecule has 1 aromatic heterocycles. The molecule has 0 spiro atoms. The molecule has 4 rings (SSSR count). The first-order chi connectivity index (χ1) is 10.6. The van der Waals surface area contributed by atoms with E-state index < -0.39 is 0 Å². The van der Waals surface area contributed by atoms with Crippen molar-refractivity contribution in [2.24, 2.45) is 0 Å². The van der Waals surface area contributed by atoms with Gasteiger partial charge in [0.2, 0.25) is 0 Å². The van der Waals surface area contributed by atoms with E-state index >= 15 is 0 Å². The Bertz CT molecular complexity index is 905. The first-order valence-corrected chi connectivity index (χ1v) is 7.18. The Labute approximate surface area is 126 Å². The molecule has 0 N–H and O–H groups in total. The SMILES string of the molecule is CC1(Cn2c(=O)n(-c3ccc(F)cc3)c3ccccc32)CO1. The normalized spacial score (nSPS) is 20.5. The monoisotopic (exact) mass is 298 g/mol. The predicted molar refractivity (Wildman–Crippen MR) is 81.9 cm³/mol. The molecule has 5 heteroatoms. The van der Waals surface area contributed by atoms with Crippen LogP contribution in [-0.2, 0) is 11.3 Å². The minimum atomic E-state index is -0.320. The van der Waals surface area contributed by atoms with E-state index in [1.54, 1.807) is 21.3 Å². The molecular formula is C17H15FN2O2. The molecule has 0 amide bonds. The maximum absolute atomic E-state index is 13.1. The first kappa shape index (κ1) is 13.3. The maximum atomic E-state index is 13.1.